The van der Waals surface area contributed by atoms with Crippen LogP contribution in [0.3, 0.4) is 0 Å². The van der Waals surface area contributed by atoms with Gasteiger partial charge < -0.3 is 14.8 Å². The molecular formula is C29H30N2O5. The largest absolute Gasteiger partial charge is 0.497 e. The van der Waals surface area contributed by atoms with E-state index in [0.717, 1.165) is 16.9 Å². The van der Waals surface area contributed by atoms with Gasteiger partial charge in [-0.1, -0.05) is 62.4 Å². The summed E-state index contributed by atoms with van der Waals surface area (Å²) in [6, 6.07) is 20.6. The van der Waals surface area contributed by atoms with E-state index in [0.29, 0.717) is 34.1 Å². The van der Waals surface area contributed by atoms with Crippen LogP contribution in [0.5, 0.6) is 11.5 Å². The van der Waals surface area contributed by atoms with E-state index in [1.165, 1.54) is 0 Å². The molecule has 1 N–H and O–H groups in total. The second kappa shape index (κ2) is 10.2. The number of ether oxygens (including phenoxy) is 2. The van der Waals surface area contributed by atoms with Gasteiger partial charge in [0.05, 0.1) is 20.8 Å². The number of carbonyl (C=O) groups excluding carboxylic acids is 3. The second-order valence-corrected chi connectivity index (χ2v) is 8.88. The van der Waals surface area contributed by atoms with Gasteiger partial charge in [-0.3, -0.25) is 14.5 Å². The maximum Gasteiger partial charge on any atom is 0.325 e. The normalized spacial score (nSPS) is 15.4. The van der Waals surface area contributed by atoms with Gasteiger partial charge in [-0.2, -0.15) is 0 Å². The molecule has 0 saturated carbocycles. The fourth-order valence-electron chi connectivity index (χ4n) is 4.43. The van der Waals surface area contributed by atoms with Crippen LogP contribution in [0, 0.1) is 0 Å². The SMILES string of the molecule is CC[C@H](C)c1ccc(C(=O)CN2C(=O)NC(c3ccc(OC)cc3)(c3ccc(OC)cc3)C2=O)cc1. The quantitative estimate of drug-likeness (QED) is 0.344. The van der Waals surface area contributed by atoms with Crippen LogP contribution in [0.4, 0.5) is 4.79 Å². The van der Waals surface area contributed by atoms with Crippen LogP contribution in [0.25, 0.3) is 0 Å². The molecule has 0 aromatic heterocycles. The van der Waals surface area contributed by atoms with Gasteiger partial charge in [-0.25, -0.2) is 4.79 Å². The molecule has 3 aromatic rings. The Morgan fingerprint density at radius 2 is 1.36 bits per heavy atom. The molecule has 3 aromatic carbocycles. The molecule has 0 unspecified atom stereocenters. The van der Waals surface area contributed by atoms with Crippen molar-refractivity contribution in [2.75, 3.05) is 20.8 Å². The fraction of sp³-hybridized carbons (Fsp3) is 0.276. The van der Waals surface area contributed by atoms with Gasteiger partial charge >= 0.3 is 6.03 Å². The van der Waals surface area contributed by atoms with Gasteiger partial charge in [-0.05, 0) is 53.3 Å². The number of Topliss-reactive ketones (excluding diaryl/α,β-unsaturated/α-hetero) is 1. The molecule has 7 nitrogen and oxygen atoms in total. The number of carbonyl (C=O) groups is 3. The third kappa shape index (κ3) is 4.44. The minimum absolute atomic E-state index is 0.311. The molecule has 1 aliphatic heterocycles. The van der Waals surface area contributed by atoms with E-state index in [2.05, 4.69) is 19.2 Å². The van der Waals surface area contributed by atoms with Crippen LogP contribution < -0.4 is 14.8 Å². The Morgan fingerprint density at radius 3 is 1.81 bits per heavy atom. The monoisotopic (exact) mass is 486 g/mol. The highest BCUT2D eigenvalue weighted by molar-refractivity contribution is 6.13. The molecule has 0 radical (unpaired) electrons. The van der Waals surface area contributed by atoms with Crippen molar-refractivity contribution in [1.29, 1.82) is 0 Å². The van der Waals surface area contributed by atoms with E-state index in [9.17, 15) is 14.4 Å². The number of urea groups is 1. The van der Waals surface area contributed by atoms with Gasteiger partial charge in [0.15, 0.2) is 11.3 Å². The summed E-state index contributed by atoms with van der Waals surface area (Å²) < 4.78 is 10.5. The number of methoxy groups -OCH3 is 2. The number of imide groups is 1. The summed E-state index contributed by atoms with van der Waals surface area (Å²) >= 11 is 0. The Bertz CT molecular complexity index is 1200. The number of benzene rings is 3. The highest BCUT2D eigenvalue weighted by Crippen LogP contribution is 2.37. The summed E-state index contributed by atoms with van der Waals surface area (Å²) in [6.07, 6.45) is 0.995. The molecule has 36 heavy (non-hydrogen) atoms. The topological polar surface area (TPSA) is 84.9 Å². The summed E-state index contributed by atoms with van der Waals surface area (Å²) in [5.41, 5.74) is 1.21. The minimum atomic E-state index is -1.49. The lowest BCUT2D eigenvalue weighted by molar-refractivity contribution is -0.129. The predicted molar refractivity (Wildman–Crippen MR) is 136 cm³/mol. The van der Waals surface area contributed by atoms with Crippen molar-refractivity contribution >= 4 is 17.7 Å². The van der Waals surface area contributed by atoms with Gasteiger partial charge in [-0.15, -0.1) is 0 Å². The number of hydrogen-bond donors (Lipinski definition) is 1. The highest BCUT2D eigenvalue weighted by atomic mass is 16.5. The van der Waals surface area contributed by atoms with Crippen molar-refractivity contribution in [1.82, 2.24) is 10.2 Å². The van der Waals surface area contributed by atoms with Gasteiger partial charge in [0.2, 0.25) is 0 Å². The van der Waals surface area contributed by atoms with Crippen LogP contribution in [-0.2, 0) is 10.3 Å². The minimum Gasteiger partial charge on any atom is -0.497 e. The summed E-state index contributed by atoms with van der Waals surface area (Å²) in [4.78, 5) is 41.1. The van der Waals surface area contributed by atoms with Crippen LogP contribution in [0.2, 0.25) is 0 Å². The molecule has 4 rings (SSSR count). The Kier molecular flexibility index (Phi) is 7.10. The van der Waals surface area contributed by atoms with E-state index in [1.54, 1.807) is 74.9 Å². The van der Waals surface area contributed by atoms with E-state index >= 15 is 0 Å². The van der Waals surface area contributed by atoms with Crippen molar-refractivity contribution < 1.29 is 23.9 Å². The number of ketones is 1. The first kappa shape index (κ1) is 25.0. The predicted octanol–water partition coefficient (Wildman–Crippen LogP) is 4.90. The zero-order valence-electron chi connectivity index (χ0n) is 20.9. The van der Waals surface area contributed by atoms with Crippen LogP contribution in [-0.4, -0.2) is 43.4 Å². The van der Waals surface area contributed by atoms with Gasteiger partial charge in [0.1, 0.15) is 11.5 Å². The van der Waals surface area contributed by atoms with Crippen LogP contribution >= 0.6 is 0 Å². The number of rotatable bonds is 9. The molecule has 3 amide bonds. The first-order valence-electron chi connectivity index (χ1n) is 11.9. The molecule has 0 spiro atoms. The van der Waals surface area contributed by atoms with Crippen LogP contribution in [0.15, 0.2) is 72.8 Å². The molecule has 1 heterocycles. The lowest BCUT2D eigenvalue weighted by atomic mass is 9.82. The zero-order valence-corrected chi connectivity index (χ0v) is 20.9. The van der Waals surface area contributed by atoms with E-state index in [1.807, 2.05) is 12.1 Å². The molecular weight excluding hydrogens is 456 g/mol. The molecule has 1 atom stereocenters. The first-order chi connectivity index (χ1) is 17.3. The number of amides is 3. The average molecular weight is 487 g/mol. The molecule has 0 aliphatic carbocycles. The van der Waals surface area contributed by atoms with Crippen molar-refractivity contribution in [2.24, 2.45) is 0 Å². The smallest absolute Gasteiger partial charge is 0.325 e. The van der Waals surface area contributed by atoms with E-state index in [4.69, 9.17) is 9.47 Å². The van der Waals surface area contributed by atoms with E-state index < -0.39 is 17.5 Å². The Hall–Kier alpha value is -4.13. The molecule has 0 bridgehead atoms. The van der Waals surface area contributed by atoms with Crippen molar-refractivity contribution in [3.8, 4) is 11.5 Å². The molecule has 1 saturated heterocycles. The molecule has 7 heteroatoms. The van der Waals surface area contributed by atoms with Crippen molar-refractivity contribution in [3.05, 3.63) is 95.1 Å². The molecule has 186 valence electrons. The zero-order chi connectivity index (χ0) is 25.9. The van der Waals surface area contributed by atoms with Gasteiger partial charge in [0.25, 0.3) is 5.91 Å². The third-order valence-corrected chi connectivity index (χ3v) is 6.87. The van der Waals surface area contributed by atoms with E-state index in [-0.39, 0.29) is 12.3 Å². The first-order valence-corrected chi connectivity index (χ1v) is 11.9. The summed E-state index contributed by atoms with van der Waals surface area (Å²) in [5, 5.41) is 2.87. The number of nitrogens with zero attached hydrogens (tertiary/aromatic N) is 1. The number of nitrogens with one attached hydrogen (secondary N) is 1. The average Bonchev–Trinajstić information content (AvgIpc) is 3.18. The Balaban J connectivity index is 1.68. The standard InChI is InChI=1S/C29H30N2O5/c1-5-19(2)20-6-8-21(9-7-20)26(32)18-31-27(33)29(30-28(31)34,22-10-14-24(35-3)15-11-22)23-12-16-25(36-4)17-13-23/h6-17,19H,5,18H2,1-4H3,(H,30,34)/t19-/m0/s1. The Morgan fingerprint density at radius 1 is 0.861 bits per heavy atom. The molecule has 1 aliphatic rings. The maximum absolute atomic E-state index is 13.9. The van der Waals surface area contributed by atoms with Crippen LogP contribution in [0.1, 0.15) is 53.2 Å². The maximum atomic E-state index is 13.9. The lowest BCUT2D eigenvalue weighted by Gasteiger charge is -2.28. The second-order valence-electron chi connectivity index (χ2n) is 8.88. The summed E-state index contributed by atoms with van der Waals surface area (Å²) in [7, 11) is 3.11. The van der Waals surface area contributed by atoms with Crippen molar-refractivity contribution in [2.45, 2.75) is 31.7 Å². The summed E-state index contributed by atoms with van der Waals surface area (Å²) in [5.74, 6) is 0.790. The Labute approximate surface area is 211 Å². The van der Waals surface area contributed by atoms with Crippen molar-refractivity contribution in [3.63, 3.8) is 0 Å². The fourth-order valence-corrected chi connectivity index (χ4v) is 4.43. The highest BCUT2D eigenvalue weighted by Gasteiger charge is 2.54. The van der Waals surface area contributed by atoms with Gasteiger partial charge in [0, 0.05) is 5.56 Å². The lowest BCUT2D eigenvalue weighted by Crippen LogP contribution is -2.45. The summed E-state index contributed by atoms with van der Waals surface area (Å²) in [6.45, 7) is 3.88. The molecule has 1 fully saturated rings. The number of hydrogen-bond acceptors (Lipinski definition) is 5. The third-order valence-electron chi connectivity index (χ3n) is 6.87.